The first-order valence-corrected chi connectivity index (χ1v) is 12.0. The Labute approximate surface area is 168 Å². The molecule has 0 radical (unpaired) electrons. The van der Waals surface area contributed by atoms with E-state index in [0.717, 1.165) is 16.3 Å². The van der Waals surface area contributed by atoms with Crippen LogP contribution in [0.15, 0.2) is 42.5 Å². The molecule has 6 nitrogen and oxygen atoms in total. The summed E-state index contributed by atoms with van der Waals surface area (Å²) in [6.07, 6.45) is 0.559. The van der Waals surface area contributed by atoms with E-state index in [9.17, 15) is 18.0 Å². The fourth-order valence-electron chi connectivity index (χ4n) is 3.25. The van der Waals surface area contributed by atoms with Crippen LogP contribution in [0.1, 0.15) is 24.9 Å². The molecule has 1 aliphatic rings. The predicted octanol–water partition coefficient (Wildman–Crippen LogP) is 2.48. The highest BCUT2D eigenvalue weighted by Gasteiger charge is 2.28. The molecule has 1 aliphatic heterocycles. The quantitative estimate of drug-likeness (QED) is 0.691. The first-order chi connectivity index (χ1) is 13.3. The normalized spacial score (nSPS) is 19.2. The van der Waals surface area contributed by atoms with Crippen molar-refractivity contribution in [3.8, 4) is 0 Å². The van der Waals surface area contributed by atoms with Crippen molar-refractivity contribution in [1.82, 2.24) is 5.32 Å². The lowest BCUT2D eigenvalue weighted by molar-refractivity contribution is -0.146. The zero-order chi connectivity index (χ0) is 20.1. The average Bonchev–Trinajstić information content (AvgIpc) is 3.03. The van der Waals surface area contributed by atoms with E-state index in [1.807, 2.05) is 49.4 Å². The smallest absolute Gasteiger partial charge is 0.316 e. The Morgan fingerprint density at radius 3 is 2.71 bits per heavy atom. The highest BCUT2D eigenvalue weighted by atomic mass is 32.2. The number of thioether (sulfide) groups is 1. The van der Waals surface area contributed by atoms with Crippen molar-refractivity contribution in [3.05, 3.63) is 48.0 Å². The van der Waals surface area contributed by atoms with E-state index in [2.05, 4.69) is 5.32 Å². The minimum absolute atomic E-state index is 0.0480. The topological polar surface area (TPSA) is 89.5 Å². The number of benzene rings is 2. The molecule has 2 aromatic rings. The highest BCUT2D eigenvalue weighted by molar-refractivity contribution is 8.02. The second-order valence-electron chi connectivity index (χ2n) is 6.85. The molecule has 150 valence electrons. The number of hydrogen-bond acceptors (Lipinski definition) is 6. The van der Waals surface area contributed by atoms with Crippen LogP contribution in [-0.2, 0) is 24.2 Å². The van der Waals surface area contributed by atoms with Gasteiger partial charge in [-0.1, -0.05) is 42.5 Å². The van der Waals surface area contributed by atoms with Crippen molar-refractivity contribution >= 4 is 44.2 Å². The molecule has 0 unspecified atom stereocenters. The fourth-order valence-corrected chi connectivity index (χ4v) is 6.69. The molecule has 1 N–H and O–H groups in total. The summed E-state index contributed by atoms with van der Waals surface area (Å²) in [7, 11) is -2.96. The summed E-state index contributed by atoms with van der Waals surface area (Å²) in [6, 6.07) is 13.6. The van der Waals surface area contributed by atoms with Gasteiger partial charge in [-0.25, -0.2) is 8.42 Å². The van der Waals surface area contributed by atoms with E-state index < -0.39 is 15.8 Å². The lowest BCUT2D eigenvalue weighted by Crippen LogP contribution is -2.31. The van der Waals surface area contributed by atoms with E-state index >= 15 is 0 Å². The zero-order valence-electron chi connectivity index (χ0n) is 15.6. The Balaban J connectivity index is 1.45. The number of hydrogen-bond donors (Lipinski definition) is 1. The molecule has 3 rings (SSSR count). The molecule has 28 heavy (non-hydrogen) atoms. The number of ether oxygens (including phenoxy) is 1. The van der Waals surface area contributed by atoms with Gasteiger partial charge < -0.3 is 10.1 Å². The van der Waals surface area contributed by atoms with E-state index in [4.69, 9.17) is 4.74 Å². The second kappa shape index (κ2) is 8.96. The van der Waals surface area contributed by atoms with Crippen LogP contribution >= 0.6 is 11.8 Å². The van der Waals surface area contributed by atoms with E-state index in [0.29, 0.717) is 6.42 Å². The van der Waals surface area contributed by atoms with Gasteiger partial charge in [0.05, 0.1) is 23.3 Å². The van der Waals surface area contributed by atoms with Gasteiger partial charge in [0.1, 0.15) is 0 Å². The number of amides is 1. The van der Waals surface area contributed by atoms with Crippen molar-refractivity contribution in [3.63, 3.8) is 0 Å². The molecule has 0 saturated carbocycles. The van der Waals surface area contributed by atoms with Crippen molar-refractivity contribution in [2.75, 3.05) is 23.9 Å². The Morgan fingerprint density at radius 1 is 1.21 bits per heavy atom. The Kier molecular flexibility index (Phi) is 6.61. The summed E-state index contributed by atoms with van der Waals surface area (Å²) in [5.74, 6) is -0.557. The maximum atomic E-state index is 12.1. The van der Waals surface area contributed by atoms with Crippen LogP contribution < -0.4 is 5.32 Å². The summed E-state index contributed by atoms with van der Waals surface area (Å²) < 4.78 is 27.9. The first-order valence-electron chi connectivity index (χ1n) is 9.09. The van der Waals surface area contributed by atoms with Crippen molar-refractivity contribution in [2.45, 2.75) is 24.6 Å². The van der Waals surface area contributed by atoms with Crippen molar-refractivity contribution < 1.29 is 22.7 Å². The third-order valence-corrected chi connectivity index (χ3v) is 7.91. The lowest BCUT2D eigenvalue weighted by atomic mass is 10.00. The molecular formula is C20H23NO5S2. The van der Waals surface area contributed by atoms with Gasteiger partial charge in [-0.3, -0.25) is 9.59 Å². The molecule has 1 amide bonds. The number of sulfone groups is 1. The molecule has 0 bridgehead atoms. The number of carbonyl (C=O) groups is 2. The molecule has 8 heteroatoms. The van der Waals surface area contributed by atoms with Crippen LogP contribution in [0.2, 0.25) is 0 Å². The third kappa shape index (κ3) is 5.48. The second-order valence-corrected chi connectivity index (χ2v) is 10.4. The minimum Gasteiger partial charge on any atom is -0.455 e. The van der Waals surface area contributed by atoms with Crippen LogP contribution in [0.3, 0.4) is 0 Å². The SMILES string of the molecule is C[C@@H](NC(=O)COC(=O)CS[C@@H]1CCS(=O)(=O)C1)c1cccc2ccccc12. The fraction of sp³-hybridized carbons (Fsp3) is 0.400. The van der Waals surface area contributed by atoms with Crippen LogP contribution in [0.5, 0.6) is 0 Å². The minimum atomic E-state index is -2.96. The molecule has 2 atom stereocenters. The van der Waals surface area contributed by atoms with E-state index in [1.54, 1.807) is 0 Å². The van der Waals surface area contributed by atoms with E-state index in [1.165, 1.54) is 11.8 Å². The van der Waals surface area contributed by atoms with Gasteiger partial charge in [0.2, 0.25) is 0 Å². The van der Waals surface area contributed by atoms with Crippen molar-refractivity contribution in [1.29, 1.82) is 0 Å². The Morgan fingerprint density at radius 2 is 1.96 bits per heavy atom. The Hall–Kier alpha value is -2.06. The van der Waals surface area contributed by atoms with E-state index in [-0.39, 0.29) is 41.1 Å². The largest absolute Gasteiger partial charge is 0.455 e. The molecular weight excluding hydrogens is 398 g/mol. The molecule has 1 heterocycles. The molecule has 2 aromatic carbocycles. The number of carbonyl (C=O) groups excluding carboxylic acids is 2. The summed E-state index contributed by atoms with van der Waals surface area (Å²) in [4.78, 5) is 24.0. The summed E-state index contributed by atoms with van der Waals surface area (Å²) in [5, 5.41) is 4.94. The van der Waals surface area contributed by atoms with Gasteiger partial charge in [-0.05, 0) is 29.7 Å². The van der Waals surface area contributed by atoms with Gasteiger partial charge in [0.15, 0.2) is 16.4 Å². The zero-order valence-corrected chi connectivity index (χ0v) is 17.2. The molecule has 0 aliphatic carbocycles. The maximum absolute atomic E-state index is 12.1. The molecule has 1 saturated heterocycles. The number of esters is 1. The molecule has 0 spiro atoms. The van der Waals surface area contributed by atoms with Crippen LogP contribution in [0.4, 0.5) is 0 Å². The average molecular weight is 422 g/mol. The van der Waals surface area contributed by atoms with Crippen LogP contribution in [-0.4, -0.2) is 49.4 Å². The number of rotatable bonds is 7. The summed E-state index contributed by atoms with van der Waals surface area (Å²) >= 11 is 1.27. The van der Waals surface area contributed by atoms with Gasteiger partial charge in [-0.15, -0.1) is 11.8 Å². The number of nitrogens with one attached hydrogen (secondary N) is 1. The van der Waals surface area contributed by atoms with Gasteiger partial charge in [-0.2, -0.15) is 0 Å². The maximum Gasteiger partial charge on any atom is 0.316 e. The van der Waals surface area contributed by atoms with Gasteiger partial charge >= 0.3 is 5.97 Å². The first kappa shape index (κ1) is 20.7. The van der Waals surface area contributed by atoms with Crippen molar-refractivity contribution in [2.24, 2.45) is 0 Å². The van der Waals surface area contributed by atoms with Crippen LogP contribution in [0, 0.1) is 0 Å². The monoisotopic (exact) mass is 421 g/mol. The van der Waals surface area contributed by atoms with Gasteiger partial charge in [0.25, 0.3) is 5.91 Å². The molecule has 0 aromatic heterocycles. The van der Waals surface area contributed by atoms with Gasteiger partial charge in [0, 0.05) is 5.25 Å². The summed E-state index contributed by atoms with van der Waals surface area (Å²) in [6.45, 7) is 1.54. The van der Waals surface area contributed by atoms with Crippen LogP contribution in [0.25, 0.3) is 10.8 Å². The third-order valence-electron chi connectivity index (χ3n) is 4.66. The number of fused-ring (bicyclic) bond motifs is 1. The highest BCUT2D eigenvalue weighted by Crippen LogP contribution is 2.25. The Bertz CT molecular complexity index is 968. The predicted molar refractivity (Wildman–Crippen MR) is 111 cm³/mol. The lowest BCUT2D eigenvalue weighted by Gasteiger charge is -2.16. The molecule has 1 fully saturated rings. The summed E-state index contributed by atoms with van der Waals surface area (Å²) in [5.41, 5.74) is 0.996. The standard InChI is InChI=1S/C20H23NO5S2/c1-14(17-8-4-6-15-5-2-3-7-18(15)17)21-19(22)11-26-20(23)12-27-16-9-10-28(24,25)13-16/h2-8,14,16H,9-13H2,1H3,(H,21,22)/t14-,16-/m1/s1.